The normalized spacial score (nSPS) is 11.2. The molecule has 4 heteroatoms. The molecule has 3 heterocycles. The predicted molar refractivity (Wildman–Crippen MR) is 231 cm³/mol. The van der Waals surface area contributed by atoms with Crippen LogP contribution in [0.2, 0.25) is 0 Å². The molecular weight excluding hydrogens is 681 g/mol. The van der Waals surface area contributed by atoms with E-state index in [0.717, 1.165) is 83.6 Å². The fourth-order valence-electron chi connectivity index (χ4n) is 7.49. The van der Waals surface area contributed by atoms with Gasteiger partial charge in [-0.25, -0.2) is 15.0 Å². The molecule has 7 aromatic carbocycles. The van der Waals surface area contributed by atoms with Crippen molar-refractivity contribution in [2.45, 2.75) is 0 Å². The van der Waals surface area contributed by atoms with Gasteiger partial charge in [-0.1, -0.05) is 164 Å². The third-order valence-electron chi connectivity index (χ3n) is 10.4. The standard InChI is InChI=1S/C52H34N4/c1-2-9-42(10-3-1)52-55-49(40-25-21-37(22-26-40)39-29-31-53-32-30-39)34-50(56-52)44-12-8-11-43(33-44)38-19-17-35(18-20-38)36-23-27-41(28-24-36)51-47-15-5-4-13-45(47)46-14-6-7-16-48(46)54-51/h1-34H. The maximum absolute atomic E-state index is 5.09. The summed E-state index contributed by atoms with van der Waals surface area (Å²) in [6, 6.07) is 67.9. The largest absolute Gasteiger partial charge is 0.265 e. The van der Waals surface area contributed by atoms with Gasteiger partial charge in [-0.2, -0.15) is 0 Å². The van der Waals surface area contributed by atoms with E-state index in [4.69, 9.17) is 15.0 Å². The van der Waals surface area contributed by atoms with Gasteiger partial charge in [-0.3, -0.25) is 4.98 Å². The number of hydrogen-bond donors (Lipinski definition) is 0. The zero-order valence-corrected chi connectivity index (χ0v) is 30.4. The Morgan fingerprint density at radius 1 is 0.268 bits per heavy atom. The summed E-state index contributed by atoms with van der Waals surface area (Å²) in [4.78, 5) is 19.4. The first-order valence-corrected chi connectivity index (χ1v) is 18.8. The highest BCUT2D eigenvalue weighted by Gasteiger charge is 2.13. The number of fused-ring (bicyclic) bond motifs is 3. The highest BCUT2D eigenvalue weighted by molar-refractivity contribution is 6.10. The van der Waals surface area contributed by atoms with Gasteiger partial charge in [0.25, 0.3) is 0 Å². The van der Waals surface area contributed by atoms with E-state index in [1.165, 1.54) is 10.8 Å². The number of hydrogen-bond acceptors (Lipinski definition) is 4. The molecule has 0 unspecified atom stereocenters. The van der Waals surface area contributed by atoms with Crippen LogP contribution in [0, 0.1) is 0 Å². The lowest BCUT2D eigenvalue weighted by molar-refractivity contribution is 1.18. The van der Waals surface area contributed by atoms with Gasteiger partial charge in [-0.15, -0.1) is 0 Å². The molecule has 0 amide bonds. The Kier molecular flexibility index (Phi) is 8.47. The average Bonchev–Trinajstić information content (AvgIpc) is 3.29. The van der Waals surface area contributed by atoms with E-state index >= 15 is 0 Å². The molecule has 0 saturated heterocycles. The summed E-state index contributed by atoms with van der Waals surface area (Å²) < 4.78 is 0. The molecule has 3 aromatic heterocycles. The lowest BCUT2D eigenvalue weighted by Gasteiger charge is -2.12. The number of benzene rings is 7. The number of para-hydroxylation sites is 1. The van der Waals surface area contributed by atoms with Gasteiger partial charge in [0.05, 0.1) is 22.6 Å². The summed E-state index contributed by atoms with van der Waals surface area (Å²) in [5, 5.41) is 3.56. The maximum Gasteiger partial charge on any atom is 0.160 e. The first kappa shape index (κ1) is 33.0. The minimum Gasteiger partial charge on any atom is -0.265 e. The van der Waals surface area contributed by atoms with Crippen molar-refractivity contribution in [3.8, 4) is 78.5 Å². The fraction of sp³-hybridized carbons (Fsp3) is 0. The van der Waals surface area contributed by atoms with E-state index in [1.54, 1.807) is 0 Å². The van der Waals surface area contributed by atoms with Crippen molar-refractivity contribution in [2.24, 2.45) is 0 Å². The molecule has 0 aliphatic carbocycles. The lowest BCUT2D eigenvalue weighted by atomic mass is 9.96. The summed E-state index contributed by atoms with van der Waals surface area (Å²) >= 11 is 0. The zero-order chi connectivity index (χ0) is 37.3. The molecule has 0 saturated carbocycles. The van der Waals surface area contributed by atoms with Crippen LogP contribution in [0.5, 0.6) is 0 Å². The Labute approximate surface area is 325 Å². The van der Waals surface area contributed by atoms with Crippen LogP contribution in [0.15, 0.2) is 207 Å². The van der Waals surface area contributed by atoms with Crippen LogP contribution in [0.3, 0.4) is 0 Å². The Hall–Kier alpha value is -7.56. The quantitative estimate of drug-likeness (QED) is 0.154. The predicted octanol–water partition coefficient (Wildman–Crippen LogP) is 13.2. The van der Waals surface area contributed by atoms with Crippen LogP contribution < -0.4 is 0 Å². The van der Waals surface area contributed by atoms with Crippen LogP contribution in [-0.4, -0.2) is 19.9 Å². The molecule has 0 atom stereocenters. The van der Waals surface area contributed by atoms with E-state index in [9.17, 15) is 0 Å². The molecule has 0 aliphatic heterocycles. The number of aromatic nitrogens is 4. The topological polar surface area (TPSA) is 51.6 Å². The first-order chi connectivity index (χ1) is 27.7. The molecular formula is C52H34N4. The summed E-state index contributed by atoms with van der Waals surface area (Å²) in [7, 11) is 0. The van der Waals surface area contributed by atoms with Gasteiger partial charge >= 0.3 is 0 Å². The van der Waals surface area contributed by atoms with Gasteiger partial charge in [0.15, 0.2) is 5.82 Å². The molecule has 0 radical (unpaired) electrons. The zero-order valence-electron chi connectivity index (χ0n) is 30.4. The second-order valence-electron chi connectivity index (χ2n) is 13.9. The van der Waals surface area contributed by atoms with E-state index in [2.05, 4.69) is 169 Å². The molecule has 262 valence electrons. The van der Waals surface area contributed by atoms with E-state index in [-0.39, 0.29) is 0 Å². The molecule has 0 N–H and O–H groups in total. The highest BCUT2D eigenvalue weighted by Crippen LogP contribution is 2.35. The summed E-state index contributed by atoms with van der Waals surface area (Å²) in [5.74, 6) is 0.696. The Morgan fingerprint density at radius 2 is 0.750 bits per heavy atom. The number of nitrogens with zero attached hydrogens (tertiary/aromatic N) is 4. The first-order valence-electron chi connectivity index (χ1n) is 18.8. The fourth-order valence-corrected chi connectivity index (χ4v) is 7.49. The van der Waals surface area contributed by atoms with Crippen LogP contribution in [0.25, 0.3) is 100 Å². The van der Waals surface area contributed by atoms with E-state index in [0.29, 0.717) is 5.82 Å². The third-order valence-corrected chi connectivity index (χ3v) is 10.4. The van der Waals surface area contributed by atoms with Gasteiger partial charge < -0.3 is 0 Å². The summed E-state index contributed by atoms with van der Waals surface area (Å²) in [6.45, 7) is 0. The molecule has 4 nitrogen and oxygen atoms in total. The third kappa shape index (κ3) is 6.40. The molecule has 10 rings (SSSR count). The minimum absolute atomic E-state index is 0.696. The van der Waals surface area contributed by atoms with Crippen molar-refractivity contribution in [1.82, 2.24) is 19.9 Å². The molecule has 0 spiro atoms. The van der Waals surface area contributed by atoms with Gasteiger partial charge in [-0.05, 0) is 69.1 Å². The molecule has 0 bridgehead atoms. The van der Waals surface area contributed by atoms with Crippen molar-refractivity contribution in [2.75, 3.05) is 0 Å². The highest BCUT2D eigenvalue weighted by atomic mass is 14.9. The van der Waals surface area contributed by atoms with Crippen LogP contribution in [-0.2, 0) is 0 Å². The molecule has 10 aromatic rings. The van der Waals surface area contributed by atoms with Crippen molar-refractivity contribution >= 4 is 21.7 Å². The van der Waals surface area contributed by atoms with Gasteiger partial charge in [0.1, 0.15) is 0 Å². The van der Waals surface area contributed by atoms with Crippen LogP contribution in [0.1, 0.15) is 0 Å². The van der Waals surface area contributed by atoms with Crippen LogP contribution in [0.4, 0.5) is 0 Å². The summed E-state index contributed by atoms with van der Waals surface area (Å²) in [5.41, 5.74) is 14.8. The Balaban J connectivity index is 0.949. The second-order valence-corrected chi connectivity index (χ2v) is 13.9. The van der Waals surface area contributed by atoms with Crippen LogP contribution >= 0.6 is 0 Å². The van der Waals surface area contributed by atoms with Crippen molar-refractivity contribution in [3.05, 3.63) is 207 Å². The Bertz CT molecular complexity index is 2980. The maximum atomic E-state index is 5.09. The van der Waals surface area contributed by atoms with Gasteiger partial charge in [0.2, 0.25) is 0 Å². The van der Waals surface area contributed by atoms with E-state index in [1.807, 2.05) is 42.7 Å². The van der Waals surface area contributed by atoms with Gasteiger partial charge in [0, 0.05) is 45.4 Å². The molecule has 0 fully saturated rings. The average molecular weight is 715 g/mol. The van der Waals surface area contributed by atoms with Crippen molar-refractivity contribution in [3.63, 3.8) is 0 Å². The van der Waals surface area contributed by atoms with Crippen molar-refractivity contribution < 1.29 is 0 Å². The second kappa shape index (κ2) is 14.3. The Morgan fingerprint density at radius 3 is 1.43 bits per heavy atom. The number of pyridine rings is 2. The van der Waals surface area contributed by atoms with E-state index < -0.39 is 0 Å². The smallest absolute Gasteiger partial charge is 0.160 e. The summed E-state index contributed by atoms with van der Waals surface area (Å²) in [6.07, 6.45) is 3.64. The SMILES string of the molecule is c1ccc(-c2nc(-c3ccc(-c4ccncc4)cc3)cc(-c3cccc(-c4ccc(-c5ccc(-c6nc7ccccc7c7ccccc67)cc5)cc4)c3)n2)cc1. The number of rotatable bonds is 7. The molecule has 56 heavy (non-hydrogen) atoms. The lowest BCUT2D eigenvalue weighted by Crippen LogP contribution is -1.96. The monoisotopic (exact) mass is 714 g/mol. The van der Waals surface area contributed by atoms with Crippen molar-refractivity contribution in [1.29, 1.82) is 0 Å². The molecule has 0 aliphatic rings. The minimum atomic E-state index is 0.696.